The highest BCUT2D eigenvalue weighted by Crippen LogP contribution is 2.40. The fourth-order valence-electron chi connectivity index (χ4n) is 2.75. The second-order valence-electron chi connectivity index (χ2n) is 6.62. The third-order valence-corrected chi connectivity index (χ3v) is 5.89. The smallest absolute Gasteiger partial charge is 0.327 e. The van der Waals surface area contributed by atoms with Crippen molar-refractivity contribution in [2.45, 2.75) is 26.7 Å². The molecule has 31 heavy (non-hydrogen) atoms. The first-order valence-corrected chi connectivity index (χ1v) is 11.1. The number of rotatable bonds is 8. The summed E-state index contributed by atoms with van der Waals surface area (Å²) in [5, 5.41) is 9.04. The van der Waals surface area contributed by atoms with Crippen LogP contribution in [0.25, 0.3) is 0 Å². The van der Waals surface area contributed by atoms with Crippen LogP contribution < -0.4 is 29.9 Å². The predicted molar refractivity (Wildman–Crippen MR) is 114 cm³/mol. The number of hydrogen-bond donors (Lipinski definition) is 4. The monoisotopic (exact) mass is 454 g/mol. The van der Waals surface area contributed by atoms with Gasteiger partial charge in [0.1, 0.15) is 13.1 Å². The first-order valence-electron chi connectivity index (χ1n) is 9.75. The van der Waals surface area contributed by atoms with Gasteiger partial charge in [-0.2, -0.15) is 8.42 Å². The SMILES string of the molecule is CCCNC(=O)NC(=O)CN1c2ccccc2N(CC(=O)NC(=O)NCCC)S1(=O)=O. The van der Waals surface area contributed by atoms with Crippen LogP contribution in [0.15, 0.2) is 24.3 Å². The summed E-state index contributed by atoms with van der Waals surface area (Å²) in [6.07, 6.45) is 1.34. The van der Waals surface area contributed by atoms with Crippen molar-refractivity contribution in [2.24, 2.45) is 0 Å². The van der Waals surface area contributed by atoms with E-state index >= 15 is 0 Å². The number of benzene rings is 1. The molecule has 4 N–H and O–H groups in total. The molecule has 13 heteroatoms. The lowest BCUT2D eigenvalue weighted by atomic mass is 10.2. The van der Waals surface area contributed by atoms with E-state index in [1.165, 1.54) is 12.1 Å². The van der Waals surface area contributed by atoms with Gasteiger partial charge in [0.05, 0.1) is 11.4 Å². The van der Waals surface area contributed by atoms with Crippen molar-refractivity contribution in [2.75, 3.05) is 34.8 Å². The third kappa shape index (κ3) is 6.07. The van der Waals surface area contributed by atoms with Gasteiger partial charge in [-0.3, -0.25) is 20.2 Å². The van der Waals surface area contributed by atoms with Crippen molar-refractivity contribution in [3.63, 3.8) is 0 Å². The van der Waals surface area contributed by atoms with E-state index in [4.69, 9.17) is 0 Å². The topological polar surface area (TPSA) is 157 Å². The van der Waals surface area contributed by atoms with Crippen LogP contribution in [0.2, 0.25) is 0 Å². The molecule has 2 rings (SSSR count). The molecule has 1 aromatic carbocycles. The van der Waals surface area contributed by atoms with Crippen LogP contribution in [-0.2, 0) is 19.8 Å². The standard InChI is InChI=1S/C18H26N6O6S/c1-3-9-19-17(27)21-15(25)11-23-13-7-5-6-8-14(13)24(31(23,29)30)12-16(26)22-18(28)20-10-4-2/h5-8H,3-4,9-12H2,1-2H3,(H2,19,21,25,27)(H2,20,22,26,28). The highest BCUT2D eigenvalue weighted by molar-refractivity contribution is 7.94. The number of nitrogens with one attached hydrogen (secondary N) is 4. The Morgan fingerprint density at radius 1 is 0.774 bits per heavy atom. The molecule has 0 saturated carbocycles. The molecule has 0 atom stereocenters. The van der Waals surface area contributed by atoms with E-state index < -0.39 is 47.2 Å². The average Bonchev–Trinajstić information content (AvgIpc) is 2.92. The molecule has 0 saturated heterocycles. The van der Waals surface area contributed by atoms with Crippen LogP contribution in [0.1, 0.15) is 26.7 Å². The highest BCUT2D eigenvalue weighted by atomic mass is 32.2. The first-order chi connectivity index (χ1) is 14.7. The summed E-state index contributed by atoms with van der Waals surface area (Å²) in [5.41, 5.74) is 0.352. The molecule has 0 aromatic heterocycles. The number of imide groups is 2. The van der Waals surface area contributed by atoms with Crippen molar-refractivity contribution in [1.82, 2.24) is 21.3 Å². The van der Waals surface area contributed by atoms with Crippen LogP contribution >= 0.6 is 0 Å². The summed E-state index contributed by atoms with van der Waals surface area (Å²) in [6, 6.07) is 4.65. The Kier molecular flexibility index (Phi) is 8.19. The normalized spacial score (nSPS) is 13.9. The lowest BCUT2D eigenvalue weighted by Crippen LogP contribution is -2.49. The van der Waals surface area contributed by atoms with Gasteiger partial charge in [0.25, 0.3) is 0 Å². The summed E-state index contributed by atoms with van der Waals surface area (Å²) >= 11 is 0. The number of amides is 6. The van der Waals surface area contributed by atoms with E-state index in [-0.39, 0.29) is 11.4 Å². The Morgan fingerprint density at radius 3 is 1.52 bits per heavy atom. The largest absolute Gasteiger partial charge is 0.338 e. The Morgan fingerprint density at radius 2 is 1.16 bits per heavy atom. The number of fused-ring (bicyclic) bond motifs is 1. The zero-order valence-electron chi connectivity index (χ0n) is 17.3. The van der Waals surface area contributed by atoms with Gasteiger partial charge in [-0.1, -0.05) is 26.0 Å². The van der Waals surface area contributed by atoms with E-state index in [1.807, 2.05) is 13.8 Å². The zero-order chi connectivity index (χ0) is 23.0. The Balaban J connectivity index is 2.14. The van der Waals surface area contributed by atoms with E-state index in [0.29, 0.717) is 25.9 Å². The lowest BCUT2D eigenvalue weighted by molar-refractivity contribution is -0.119. The predicted octanol–water partition coefficient (Wildman–Crippen LogP) is 0.0294. The zero-order valence-corrected chi connectivity index (χ0v) is 18.1. The van der Waals surface area contributed by atoms with Gasteiger partial charge < -0.3 is 10.6 Å². The minimum Gasteiger partial charge on any atom is -0.338 e. The number of carbonyl (C=O) groups is 4. The molecule has 0 aliphatic carbocycles. The van der Waals surface area contributed by atoms with E-state index in [1.54, 1.807) is 12.1 Å². The molecular weight excluding hydrogens is 428 g/mol. The Hall–Kier alpha value is -3.35. The average molecular weight is 455 g/mol. The van der Waals surface area contributed by atoms with E-state index in [2.05, 4.69) is 21.3 Å². The van der Waals surface area contributed by atoms with Crippen molar-refractivity contribution in [1.29, 1.82) is 0 Å². The maximum Gasteiger partial charge on any atom is 0.327 e. The van der Waals surface area contributed by atoms with Crippen molar-refractivity contribution in [3.05, 3.63) is 24.3 Å². The molecule has 1 aromatic rings. The quantitative estimate of drug-likeness (QED) is 0.434. The lowest BCUT2D eigenvalue weighted by Gasteiger charge is -2.21. The summed E-state index contributed by atoms with van der Waals surface area (Å²) in [4.78, 5) is 47.8. The molecule has 0 unspecified atom stereocenters. The maximum absolute atomic E-state index is 13.0. The fraction of sp³-hybridized carbons (Fsp3) is 0.444. The van der Waals surface area contributed by atoms with Crippen molar-refractivity contribution < 1.29 is 27.6 Å². The van der Waals surface area contributed by atoms with Crippen LogP contribution in [0.3, 0.4) is 0 Å². The minimum absolute atomic E-state index is 0.176. The van der Waals surface area contributed by atoms with Gasteiger partial charge in [-0.25, -0.2) is 18.2 Å². The Bertz CT molecular complexity index is 882. The third-order valence-electron chi connectivity index (χ3n) is 4.13. The summed E-state index contributed by atoms with van der Waals surface area (Å²) in [5.74, 6) is -1.67. The number of para-hydroxylation sites is 2. The Labute approximate surface area is 180 Å². The first kappa shape index (κ1) is 23.9. The van der Waals surface area contributed by atoms with Gasteiger partial charge in [0.2, 0.25) is 11.8 Å². The molecule has 0 radical (unpaired) electrons. The number of anilines is 2. The van der Waals surface area contributed by atoms with E-state index in [9.17, 15) is 27.6 Å². The number of nitrogens with zero attached hydrogens (tertiary/aromatic N) is 2. The number of carbonyl (C=O) groups excluding carboxylic acids is 4. The fourth-order valence-corrected chi connectivity index (χ4v) is 4.35. The summed E-state index contributed by atoms with van der Waals surface area (Å²) < 4.78 is 27.7. The van der Waals surface area contributed by atoms with Crippen LogP contribution in [0.5, 0.6) is 0 Å². The van der Waals surface area contributed by atoms with Gasteiger partial charge in [0, 0.05) is 13.1 Å². The molecular formula is C18H26N6O6S. The molecule has 1 heterocycles. The maximum atomic E-state index is 13.0. The molecule has 12 nitrogen and oxygen atoms in total. The van der Waals surface area contributed by atoms with Crippen molar-refractivity contribution in [3.8, 4) is 0 Å². The molecule has 1 aliphatic rings. The minimum atomic E-state index is -4.30. The van der Waals surface area contributed by atoms with Crippen LogP contribution in [0.4, 0.5) is 21.0 Å². The molecule has 0 spiro atoms. The van der Waals surface area contributed by atoms with Gasteiger partial charge in [-0.15, -0.1) is 0 Å². The number of hydrogen-bond acceptors (Lipinski definition) is 6. The molecule has 0 bridgehead atoms. The highest BCUT2D eigenvalue weighted by Gasteiger charge is 2.42. The van der Waals surface area contributed by atoms with Crippen molar-refractivity contribution >= 4 is 45.5 Å². The number of urea groups is 2. The second kappa shape index (κ2) is 10.6. The molecule has 1 aliphatic heterocycles. The summed E-state index contributed by atoms with van der Waals surface area (Å²) in [7, 11) is -4.30. The van der Waals surface area contributed by atoms with Gasteiger partial charge in [-0.05, 0) is 25.0 Å². The molecule has 6 amide bonds. The van der Waals surface area contributed by atoms with Crippen LogP contribution in [0, 0.1) is 0 Å². The van der Waals surface area contributed by atoms with E-state index in [0.717, 1.165) is 8.61 Å². The molecule has 0 fully saturated rings. The van der Waals surface area contributed by atoms with Crippen LogP contribution in [-0.4, -0.2) is 58.5 Å². The molecule has 170 valence electrons. The summed E-state index contributed by atoms with van der Waals surface area (Å²) in [6.45, 7) is 3.08. The van der Waals surface area contributed by atoms with Gasteiger partial charge >= 0.3 is 22.3 Å². The van der Waals surface area contributed by atoms with Gasteiger partial charge in [0.15, 0.2) is 0 Å². The second-order valence-corrected chi connectivity index (χ2v) is 8.40.